The number of carbonyl (C=O) groups excluding carboxylic acids is 2. The molecule has 4 heteroatoms. The molecule has 3 rings (SSSR count). The summed E-state index contributed by atoms with van der Waals surface area (Å²) in [6.07, 6.45) is 4.82. The van der Waals surface area contributed by atoms with Gasteiger partial charge < -0.3 is 10.2 Å². The fourth-order valence-corrected chi connectivity index (χ4v) is 3.41. The minimum atomic E-state index is -0.119. The van der Waals surface area contributed by atoms with E-state index in [9.17, 15) is 9.59 Å². The quantitative estimate of drug-likeness (QED) is 0.919. The van der Waals surface area contributed by atoms with Crippen molar-refractivity contribution in [3.63, 3.8) is 0 Å². The summed E-state index contributed by atoms with van der Waals surface area (Å²) in [6, 6.07) is 10.3. The van der Waals surface area contributed by atoms with Gasteiger partial charge in [0.2, 0.25) is 11.8 Å². The predicted octanol–water partition coefficient (Wildman–Crippen LogP) is 1.89. The Morgan fingerprint density at radius 3 is 2.76 bits per heavy atom. The van der Waals surface area contributed by atoms with Gasteiger partial charge in [0.05, 0.1) is 5.54 Å². The SMILES string of the molecule is O=C1CCC2(CCN(C(=O)CCCc3ccccc3)C2)N1. The molecule has 0 saturated carbocycles. The smallest absolute Gasteiger partial charge is 0.222 e. The van der Waals surface area contributed by atoms with Gasteiger partial charge in [-0.1, -0.05) is 30.3 Å². The van der Waals surface area contributed by atoms with E-state index in [1.54, 1.807) is 0 Å². The molecule has 0 radical (unpaired) electrons. The van der Waals surface area contributed by atoms with Crippen molar-refractivity contribution >= 4 is 11.8 Å². The first kappa shape index (κ1) is 14.1. The van der Waals surface area contributed by atoms with Gasteiger partial charge in [0.25, 0.3) is 0 Å². The molecule has 2 heterocycles. The molecule has 0 aliphatic carbocycles. The molecule has 1 spiro atoms. The van der Waals surface area contributed by atoms with Crippen LogP contribution in [0.1, 0.15) is 37.7 Å². The number of hydrogen-bond donors (Lipinski definition) is 1. The summed E-state index contributed by atoms with van der Waals surface area (Å²) in [6.45, 7) is 1.48. The summed E-state index contributed by atoms with van der Waals surface area (Å²) >= 11 is 0. The van der Waals surface area contributed by atoms with Crippen molar-refractivity contribution in [3.05, 3.63) is 35.9 Å². The van der Waals surface area contributed by atoms with Crippen LogP contribution >= 0.6 is 0 Å². The number of aryl methyl sites for hydroxylation is 1. The lowest BCUT2D eigenvalue weighted by Gasteiger charge is -2.23. The van der Waals surface area contributed by atoms with E-state index >= 15 is 0 Å². The van der Waals surface area contributed by atoms with E-state index < -0.39 is 0 Å². The van der Waals surface area contributed by atoms with Gasteiger partial charge in [-0.25, -0.2) is 0 Å². The van der Waals surface area contributed by atoms with Crippen LogP contribution in [0.2, 0.25) is 0 Å². The molecule has 2 aliphatic rings. The number of likely N-dealkylation sites (tertiary alicyclic amines) is 1. The largest absolute Gasteiger partial charge is 0.349 e. The fraction of sp³-hybridized carbons (Fsp3) is 0.529. The Hall–Kier alpha value is -1.84. The molecule has 2 aliphatic heterocycles. The Labute approximate surface area is 125 Å². The third-order valence-corrected chi connectivity index (χ3v) is 4.64. The van der Waals surface area contributed by atoms with Gasteiger partial charge in [-0.2, -0.15) is 0 Å². The second-order valence-electron chi connectivity index (χ2n) is 6.23. The minimum Gasteiger partial charge on any atom is -0.349 e. The molecule has 1 aromatic carbocycles. The minimum absolute atomic E-state index is 0.119. The average Bonchev–Trinajstić information content (AvgIpc) is 3.07. The number of rotatable bonds is 4. The van der Waals surface area contributed by atoms with Gasteiger partial charge in [-0.15, -0.1) is 0 Å². The van der Waals surface area contributed by atoms with Crippen LogP contribution in [0, 0.1) is 0 Å². The van der Waals surface area contributed by atoms with Crippen molar-refractivity contribution in [2.24, 2.45) is 0 Å². The Morgan fingerprint density at radius 2 is 2.05 bits per heavy atom. The van der Waals surface area contributed by atoms with Gasteiger partial charge in [0, 0.05) is 25.9 Å². The van der Waals surface area contributed by atoms with E-state index in [-0.39, 0.29) is 17.4 Å². The summed E-state index contributed by atoms with van der Waals surface area (Å²) < 4.78 is 0. The number of amides is 2. The topological polar surface area (TPSA) is 49.4 Å². The first-order chi connectivity index (χ1) is 10.2. The summed E-state index contributed by atoms with van der Waals surface area (Å²) in [5, 5.41) is 3.06. The molecule has 1 unspecified atom stereocenters. The summed E-state index contributed by atoms with van der Waals surface area (Å²) in [5.74, 6) is 0.359. The van der Waals surface area contributed by atoms with E-state index in [0.29, 0.717) is 19.4 Å². The lowest BCUT2D eigenvalue weighted by atomic mass is 9.97. The molecule has 112 valence electrons. The number of hydrogen-bond acceptors (Lipinski definition) is 2. The summed E-state index contributed by atoms with van der Waals surface area (Å²) in [5.41, 5.74) is 1.16. The molecule has 2 saturated heterocycles. The summed E-state index contributed by atoms with van der Waals surface area (Å²) in [4.78, 5) is 25.6. The van der Waals surface area contributed by atoms with Crippen molar-refractivity contribution in [1.29, 1.82) is 0 Å². The molecule has 21 heavy (non-hydrogen) atoms. The maximum absolute atomic E-state index is 12.3. The van der Waals surface area contributed by atoms with Crippen molar-refractivity contribution in [1.82, 2.24) is 10.2 Å². The van der Waals surface area contributed by atoms with Crippen LogP contribution in [0.25, 0.3) is 0 Å². The fourth-order valence-electron chi connectivity index (χ4n) is 3.41. The van der Waals surface area contributed by atoms with E-state index in [2.05, 4.69) is 17.4 Å². The van der Waals surface area contributed by atoms with Gasteiger partial charge in [0.1, 0.15) is 0 Å². The van der Waals surface area contributed by atoms with E-state index in [0.717, 1.165) is 32.2 Å². The normalized spacial score (nSPS) is 24.6. The van der Waals surface area contributed by atoms with Crippen molar-refractivity contribution in [2.75, 3.05) is 13.1 Å². The van der Waals surface area contributed by atoms with E-state index in [1.807, 2.05) is 23.1 Å². The lowest BCUT2D eigenvalue weighted by molar-refractivity contribution is -0.130. The van der Waals surface area contributed by atoms with Crippen molar-refractivity contribution in [2.45, 2.75) is 44.1 Å². The molecule has 1 aromatic rings. The maximum Gasteiger partial charge on any atom is 0.222 e. The Morgan fingerprint density at radius 1 is 1.24 bits per heavy atom. The highest BCUT2D eigenvalue weighted by Crippen LogP contribution is 2.30. The molecule has 1 N–H and O–H groups in total. The molecular weight excluding hydrogens is 264 g/mol. The Kier molecular flexibility index (Phi) is 3.95. The Bertz CT molecular complexity index is 529. The van der Waals surface area contributed by atoms with Gasteiger partial charge in [-0.05, 0) is 31.2 Å². The molecule has 0 aromatic heterocycles. The zero-order valence-electron chi connectivity index (χ0n) is 12.3. The van der Waals surface area contributed by atoms with Crippen LogP contribution in [-0.2, 0) is 16.0 Å². The number of carbonyl (C=O) groups is 2. The van der Waals surface area contributed by atoms with Crippen LogP contribution in [0.4, 0.5) is 0 Å². The van der Waals surface area contributed by atoms with Crippen LogP contribution in [0.5, 0.6) is 0 Å². The second-order valence-corrected chi connectivity index (χ2v) is 6.23. The highest BCUT2D eigenvalue weighted by molar-refractivity contribution is 5.81. The van der Waals surface area contributed by atoms with Crippen molar-refractivity contribution in [3.8, 4) is 0 Å². The number of benzene rings is 1. The molecule has 1 atom stereocenters. The van der Waals surface area contributed by atoms with Crippen LogP contribution < -0.4 is 5.32 Å². The molecule has 4 nitrogen and oxygen atoms in total. The molecule has 2 amide bonds. The third kappa shape index (κ3) is 3.26. The maximum atomic E-state index is 12.3. The number of nitrogens with zero attached hydrogens (tertiary/aromatic N) is 1. The average molecular weight is 286 g/mol. The van der Waals surface area contributed by atoms with Crippen molar-refractivity contribution < 1.29 is 9.59 Å². The number of nitrogens with one attached hydrogen (secondary N) is 1. The van der Waals surface area contributed by atoms with Crippen LogP contribution in [0.15, 0.2) is 30.3 Å². The lowest BCUT2D eigenvalue weighted by Crippen LogP contribution is -2.44. The predicted molar refractivity (Wildman–Crippen MR) is 80.7 cm³/mol. The summed E-state index contributed by atoms with van der Waals surface area (Å²) in [7, 11) is 0. The van der Waals surface area contributed by atoms with Gasteiger partial charge in [0.15, 0.2) is 0 Å². The van der Waals surface area contributed by atoms with Crippen LogP contribution in [-0.4, -0.2) is 35.3 Å². The van der Waals surface area contributed by atoms with E-state index in [4.69, 9.17) is 0 Å². The first-order valence-electron chi connectivity index (χ1n) is 7.80. The molecule has 2 fully saturated rings. The first-order valence-corrected chi connectivity index (χ1v) is 7.80. The standard InChI is InChI=1S/C17H22N2O2/c20-15-9-10-17(18-15)11-12-19(13-17)16(21)8-4-7-14-5-2-1-3-6-14/h1-3,5-6H,4,7-13H2,(H,18,20). The monoisotopic (exact) mass is 286 g/mol. The highest BCUT2D eigenvalue weighted by atomic mass is 16.2. The van der Waals surface area contributed by atoms with Crippen LogP contribution in [0.3, 0.4) is 0 Å². The van der Waals surface area contributed by atoms with Gasteiger partial charge in [-0.3, -0.25) is 9.59 Å². The van der Waals surface area contributed by atoms with Gasteiger partial charge >= 0.3 is 0 Å². The zero-order valence-corrected chi connectivity index (χ0v) is 12.3. The zero-order chi connectivity index (χ0) is 14.7. The van der Waals surface area contributed by atoms with E-state index in [1.165, 1.54) is 5.56 Å². The molecular formula is C17H22N2O2. The third-order valence-electron chi connectivity index (χ3n) is 4.64. The second kappa shape index (κ2) is 5.88. The Balaban J connectivity index is 1.45. The molecule has 0 bridgehead atoms. The highest BCUT2D eigenvalue weighted by Gasteiger charge is 2.44.